The van der Waals surface area contributed by atoms with Gasteiger partial charge in [-0.3, -0.25) is 13.9 Å². The normalized spacial score (nSPS) is 25.4. The van der Waals surface area contributed by atoms with Gasteiger partial charge in [-0.05, 0) is 57.0 Å². The van der Waals surface area contributed by atoms with Gasteiger partial charge in [-0.2, -0.15) is 5.09 Å². The predicted octanol–water partition coefficient (Wildman–Crippen LogP) is 5.41. The van der Waals surface area contributed by atoms with Crippen molar-refractivity contribution in [3.05, 3.63) is 61.1 Å². The lowest BCUT2D eigenvalue weighted by Gasteiger charge is -2.30. The van der Waals surface area contributed by atoms with Gasteiger partial charge in [0, 0.05) is 11.6 Å². The SMILES string of the molecule is CC(NP(=O)(Oc1cccc2ccccc12)OC(C)[C@H]1O[C@@H](n2cnc3c(N)ccnc32)C2OC(=O)OC21)C(=O)OC1CCCCC1. The van der Waals surface area contributed by atoms with Crippen molar-refractivity contribution in [3.8, 4) is 5.75 Å². The Morgan fingerprint density at radius 1 is 1.04 bits per heavy atom. The molecule has 3 N–H and O–H groups in total. The van der Waals surface area contributed by atoms with Gasteiger partial charge >= 0.3 is 19.9 Å². The van der Waals surface area contributed by atoms with Crippen molar-refractivity contribution in [1.29, 1.82) is 0 Å². The van der Waals surface area contributed by atoms with E-state index in [0.717, 1.165) is 37.5 Å². The molecule has 0 radical (unpaired) electrons. The Morgan fingerprint density at radius 2 is 1.81 bits per heavy atom. The molecule has 15 heteroatoms. The molecule has 5 unspecified atom stereocenters. The number of rotatable bonds is 10. The molecule has 2 aliphatic heterocycles. The van der Waals surface area contributed by atoms with Crippen molar-refractivity contribution in [3.63, 3.8) is 0 Å². The van der Waals surface area contributed by atoms with Crippen LogP contribution < -0.4 is 15.3 Å². The summed E-state index contributed by atoms with van der Waals surface area (Å²) < 4.78 is 51.7. The van der Waals surface area contributed by atoms with Gasteiger partial charge in [0.2, 0.25) is 0 Å². The lowest BCUT2D eigenvalue weighted by Crippen LogP contribution is -2.41. The number of carbonyl (C=O) groups excluding carboxylic acids is 2. The zero-order valence-electron chi connectivity index (χ0n) is 25.9. The number of nitrogens with two attached hydrogens (primary N) is 1. The highest BCUT2D eigenvalue weighted by Crippen LogP contribution is 2.50. The van der Waals surface area contributed by atoms with Gasteiger partial charge < -0.3 is 29.2 Å². The number of imidazole rings is 1. The molecular weight excluding hydrogens is 629 g/mol. The summed E-state index contributed by atoms with van der Waals surface area (Å²) in [6.07, 6.45) is 1.90. The van der Waals surface area contributed by atoms with Crippen LogP contribution in [0.15, 0.2) is 61.1 Å². The molecule has 3 fully saturated rings. The molecule has 248 valence electrons. The molecule has 4 heterocycles. The molecular formula is C32H36N5O9P. The van der Waals surface area contributed by atoms with Crippen LogP contribution in [0.2, 0.25) is 0 Å². The van der Waals surface area contributed by atoms with Crippen LogP contribution in [-0.2, 0) is 32.8 Å². The molecule has 2 aromatic carbocycles. The van der Waals surface area contributed by atoms with Gasteiger partial charge in [0.05, 0.1) is 18.1 Å². The van der Waals surface area contributed by atoms with Crippen LogP contribution in [0.25, 0.3) is 21.9 Å². The fraction of sp³-hybridized carbons (Fsp3) is 0.438. The van der Waals surface area contributed by atoms with Crippen molar-refractivity contribution in [1.82, 2.24) is 19.6 Å². The molecule has 4 aromatic rings. The molecule has 7 rings (SSSR count). The number of hydrogen-bond donors (Lipinski definition) is 2. The fourth-order valence-electron chi connectivity index (χ4n) is 6.42. The minimum atomic E-state index is -4.35. The first-order chi connectivity index (χ1) is 22.7. The first-order valence-corrected chi connectivity index (χ1v) is 17.3. The average molecular weight is 666 g/mol. The highest BCUT2D eigenvalue weighted by Gasteiger charge is 2.58. The highest BCUT2D eigenvalue weighted by molar-refractivity contribution is 7.52. The number of fused-ring (bicyclic) bond motifs is 3. The second kappa shape index (κ2) is 12.8. The molecule has 2 saturated heterocycles. The Labute approximate surface area is 270 Å². The monoisotopic (exact) mass is 665 g/mol. The van der Waals surface area contributed by atoms with E-state index < -0.39 is 56.6 Å². The molecule has 1 saturated carbocycles. The van der Waals surface area contributed by atoms with Gasteiger partial charge in [-0.1, -0.05) is 42.8 Å². The van der Waals surface area contributed by atoms with Gasteiger partial charge in [-0.25, -0.2) is 19.3 Å². The Balaban J connectivity index is 1.16. The molecule has 0 bridgehead atoms. The van der Waals surface area contributed by atoms with E-state index in [2.05, 4.69) is 15.1 Å². The number of ether oxygens (including phenoxy) is 4. The van der Waals surface area contributed by atoms with Crippen LogP contribution in [0.1, 0.15) is 52.2 Å². The molecule has 1 aliphatic carbocycles. The van der Waals surface area contributed by atoms with E-state index in [1.165, 1.54) is 12.5 Å². The zero-order chi connectivity index (χ0) is 32.7. The number of anilines is 1. The number of carbonyl (C=O) groups is 2. The Morgan fingerprint density at radius 3 is 2.64 bits per heavy atom. The first-order valence-electron chi connectivity index (χ1n) is 15.7. The van der Waals surface area contributed by atoms with Gasteiger partial charge in [0.25, 0.3) is 0 Å². The lowest BCUT2D eigenvalue weighted by molar-refractivity contribution is -0.152. The van der Waals surface area contributed by atoms with Crippen LogP contribution in [0.3, 0.4) is 0 Å². The average Bonchev–Trinajstić information content (AvgIpc) is 3.75. The summed E-state index contributed by atoms with van der Waals surface area (Å²) in [4.78, 5) is 34.2. The topological polar surface area (TPSA) is 175 Å². The maximum absolute atomic E-state index is 14.7. The Kier molecular flexibility index (Phi) is 8.52. The molecule has 14 nitrogen and oxygen atoms in total. The van der Waals surface area contributed by atoms with Crippen LogP contribution >= 0.6 is 7.75 Å². The molecule has 2 aromatic heterocycles. The Bertz CT molecular complexity index is 1840. The van der Waals surface area contributed by atoms with E-state index in [1.54, 1.807) is 36.6 Å². The van der Waals surface area contributed by atoms with Crippen molar-refractivity contribution >= 4 is 47.5 Å². The first kappa shape index (κ1) is 31.4. The quantitative estimate of drug-likeness (QED) is 0.163. The largest absolute Gasteiger partial charge is 0.509 e. The third kappa shape index (κ3) is 6.26. The van der Waals surface area contributed by atoms with E-state index in [1.807, 2.05) is 30.3 Å². The molecule has 0 amide bonds. The number of benzene rings is 2. The van der Waals surface area contributed by atoms with Gasteiger partial charge in [0.15, 0.2) is 24.1 Å². The van der Waals surface area contributed by atoms with E-state index in [0.29, 0.717) is 22.2 Å². The van der Waals surface area contributed by atoms with Crippen LogP contribution in [0.5, 0.6) is 5.75 Å². The predicted molar refractivity (Wildman–Crippen MR) is 169 cm³/mol. The number of pyridine rings is 1. The minimum Gasteiger partial charge on any atom is -0.461 e. The van der Waals surface area contributed by atoms with E-state index in [9.17, 15) is 14.2 Å². The molecule has 0 spiro atoms. The smallest absolute Gasteiger partial charge is 0.461 e. The second-order valence-electron chi connectivity index (χ2n) is 12.1. The van der Waals surface area contributed by atoms with Gasteiger partial charge in [-0.15, -0.1) is 0 Å². The molecule has 47 heavy (non-hydrogen) atoms. The van der Waals surface area contributed by atoms with Crippen LogP contribution in [0, 0.1) is 0 Å². The summed E-state index contributed by atoms with van der Waals surface area (Å²) in [5.41, 5.74) is 7.38. The highest BCUT2D eigenvalue weighted by atomic mass is 31.2. The number of aromatic nitrogens is 3. The number of hydrogen-bond acceptors (Lipinski definition) is 12. The number of esters is 1. The van der Waals surface area contributed by atoms with Gasteiger partial charge in [0.1, 0.15) is 29.5 Å². The second-order valence-corrected chi connectivity index (χ2v) is 13.7. The van der Waals surface area contributed by atoms with Crippen molar-refractivity contribution in [2.45, 2.75) is 88.7 Å². The van der Waals surface area contributed by atoms with Crippen LogP contribution in [-0.4, -0.2) is 63.2 Å². The van der Waals surface area contributed by atoms with Crippen LogP contribution in [0.4, 0.5) is 10.5 Å². The molecule has 3 aliphatic rings. The maximum atomic E-state index is 14.7. The maximum Gasteiger partial charge on any atom is 0.509 e. The summed E-state index contributed by atoms with van der Waals surface area (Å²) >= 11 is 0. The van der Waals surface area contributed by atoms with Crippen molar-refractivity contribution in [2.75, 3.05) is 5.73 Å². The minimum absolute atomic E-state index is 0.194. The summed E-state index contributed by atoms with van der Waals surface area (Å²) in [6, 6.07) is 13.4. The van der Waals surface area contributed by atoms with Crippen molar-refractivity contribution < 1.29 is 42.1 Å². The summed E-state index contributed by atoms with van der Waals surface area (Å²) in [6.45, 7) is 3.16. The standard InChI is InChI=1S/C32H36N5O9P/c1-18(31(38)41-21-11-4-3-5-12-21)36-47(40,46-24-14-8-10-20-9-6-7-13-22(20)24)45-19(2)26-27-28(44-32(39)43-27)30(42-26)37-17-35-25-23(33)15-16-34-29(25)37/h6-10,13-19,21,26-28,30H,3-5,11-12H2,1-2H3,(H2,33,34)(H,36,40)/t18?,19?,26-,27?,28?,30-,47?/m1/s1. The zero-order valence-corrected chi connectivity index (χ0v) is 26.8. The summed E-state index contributed by atoms with van der Waals surface area (Å²) in [5.74, 6) is -0.282. The molecule has 7 atom stereocenters. The lowest BCUT2D eigenvalue weighted by atomic mass is 9.98. The van der Waals surface area contributed by atoms with E-state index in [4.69, 9.17) is 33.7 Å². The number of nitrogen functional groups attached to an aromatic ring is 1. The summed E-state index contributed by atoms with van der Waals surface area (Å²) in [7, 11) is -4.35. The number of nitrogens with one attached hydrogen (secondary N) is 1. The third-order valence-corrected chi connectivity index (χ3v) is 10.5. The van der Waals surface area contributed by atoms with E-state index >= 15 is 0 Å². The summed E-state index contributed by atoms with van der Waals surface area (Å²) in [5, 5.41) is 4.34. The van der Waals surface area contributed by atoms with Crippen molar-refractivity contribution in [2.24, 2.45) is 0 Å². The number of nitrogens with zero attached hydrogens (tertiary/aromatic N) is 3. The van der Waals surface area contributed by atoms with E-state index in [-0.39, 0.29) is 11.9 Å². The Hall–Kier alpha value is -4.23. The fourth-order valence-corrected chi connectivity index (χ4v) is 8.13. The third-order valence-electron chi connectivity index (χ3n) is 8.73.